The average Bonchev–Trinajstić information content (AvgIpc) is 2.65. The number of carboxylic acids is 1. The molecular formula is C10H10N2O2S. The van der Waals surface area contributed by atoms with Crippen LogP contribution in [-0.4, -0.2) is 11.1 Å². The first-order valence-electron chi connectivity index (χ1n) is 4.56. The van der Waals surface area contributed by atoms with E-state index in [-0.39, 0.29) is 0 Å². The highest BCUT2D eigenvalue weighted by Gasteiger charge is 2.45. The Kier molecular flexibility index (Phi) is 1.98. The van der Waals surface area contributed by atoms with Crippen LogP contribution < -0.4 is 5.73 Å². The highest BCUT2D eigenvalue weighted by atomic mass is 32.1. The van der Waals surface area contributed by atoms with E-state index in [1.165, 1.54) is 11.3 Å². The summed E-state index contributed by atoms with van der Waals surface area (Å²) in [5.74, 6) is -0.879. The summed E-state index contributed by atoms with van der Waals surface area (Å²) in [6.45, 7) is 1.66. The summed E-state index contributed by atoms with van der Waals surface area (Å²) in [4.78, 5) is 12.2. The van der Waals surface area contributed by atoms with Crippen LogP contribution in [0.5, 0.6) is 0 Å². The maximum Gasteiger partial charge on any atom is 0.313 e. The molecule has 1 atom stereocenters. The predicted octanol–water partition coefficient (Wildman–Crippen LogP) is 1.49. The molecule has 1 heterocycles. The van der Waals surface area contributed by atoms with Gasteiger partial charge in [0.15, 0.2) is 0 Å². The summed E-state index contributed by atoms with van der Waals surface area (Å²) >= 11 is 1.34. The van der Waals surface area contributed by atoms with Crippen LogP contribution in [0, 0.1) is 11.3 Å². The van der Waals surface area contributed by atoms with E-state index in [1.807, 2.05) is 6.07 Å². The van der Waals surface area contributed by atoms with Crippen LogP contribution in [0.25, 0.3) is 0 Å². The highest BCUT2D eigenvalue weighted by molar-refractivity contribution is 7.16. The normalized spacial score (nSPS) is 23.5. The van der Waals surface area contributed by atoms with Crippen LogP contribution in [0.15, 0.2) is 0 Å². The fourth-order valence-corrected chi connectivity index (χ4v) is 3.22. The van der Waals surface area contributed by atoms with Gasteiger partial charge in [-0.1, -0.05) is 0 Å². The van der Waals surface area contributed by atoms with Crippen molar-refractivity contribution in [1.82, 2.24) is 0 Å². The van der Waals surface area contributed by atoms with Crippen molar-refractivity contribution in [3.63, 3.8) is 0 Å². The lowest BCUT2D eigenvalue weighted by atomic mass is 9.83. The third-order valence-electron chi connectivity index (χ3n) is 3.00. The van der Waals surface area contributed by atoms with Crippen molar-refractivity contribution >= 4 is 22.3 Å². The molecule has 0 aromatic carbocycles. The third-order valence-corrected chi connectivity index (χ3v) is 4.07. The van der Waals surface area contributed by atoms with Crippen molar-refractivity contribution in [3.05, 3.63) is 16.0 Å². The second kappa shape index (κ2) is 2.97. The molecule has 78 valence electrons. The molecule has 0 fully saturated rings. The van der Waals surface area contributed by atoms with Crippen LogP contribution in [0.3, 0.4) is 0 Å². The molecule has 0 saturated heterocycles. The Morgan fingerprint density at radius 1 is 1.73 bits per heavy atom. The molecule has 1 aliphatic rings. The van der Waals surface area contributed by atoms with Gasteiger partial charge < -0.3 is 10.8 Å². The summed E-state index contributed by atoms with van der Waals surface area (Å²) in [6, 6.07) is 2.01. The molecule has 0 aliphatic heterocycles. The van der Waals surface area contributed by atoms with E-state index in [4.69, 9.17) is 11.0 Å². The maximum atomic E-state index is 11.2. The van der Waals surface area contributed by atoms with Crippen molar-refractivity contribution in [2.75, 3.05) is 5.73 Å². The van der Waals surface area contributed by atoms with E-state index in [2.05, 4.69) is 0 Å². The number of nitrogens with zero attached hydrogens (tertiary/aromatic N) is 1. The quantitative estimate of drug-likeness (QED) is 0.753. The molecule has 1 aromatic heterocycles. The Hall–Kier alpha value is -1.54. The van der Waals surface area contributed by atoms with Gasteiger partial charge in [-0.25, -0.2) is 0 Å². The van der Waals surface area contributed by atoms with Crippen molar-refractivity contribution in [2.45, 2.75) is 25.2 Å². The fraction of sp³-hybridized carbons (Fsp3) is 0.400. The molecule has 4 nitrogen and oxygen atoms in total. The SMILES string of the molecule is C[C@]1(C(=O)O)CCc2sc(N)c(C#N)c21. The monoisotopic (exact) mass is 222 g/mol. The summed E-state index contributed by atoms with van der Waals surface area (Å²) in [5.41, 5.74) is 5.75. The molecule has 0 saturated carbocycles. The van der Waals surface area contributed by atoms with Crippen molar-refractivity contribution in [3.8, 4) is 6.07 Å². The van der Waals surface area contributed by atoms with Crippen LogP contribution in [-0.2, 0) is 16.6 Å². The lowest BCUT2D eigenvalue weighted by Crippen LogP contribution is -2.30. The molecule has 0 amide bonds. The molecule has 1 aliphatic carbocycles. The molecule has 3 N–H and O–H groups in total. The number of carboxylic acid groups (broad SMARTS) is 1. The third kappa shape index (κ3) is 1.15. The van der Waals surface area contributed by atoms with Gasteiger partial charge in [0.05, 0.1) is 11.0 Å². The molecule has 5 heteroatoms. The highest BCUT2D eigenvalue weighted by Crippen LogP contribution is 2.47. The second-order valence-corrected chi connectivity index (χ2v) is 5.03. The molecule has 0 spiro atoms. The number of rotatable bonds is 1. The van der Waals surface area contributed by atoms with Crippen LogP contribution in [0.4, 0.5) is 5.00 Å². The molecule has 2 rings (SSSR count). The van der Waals surface area contributed by atoms with E-state index in [9.17, 15) is 9.90 Å². The number of anilines is 1. The lowest BCUT2D eigenvalue weighted by Gasteiger charge is -2.18. The first kappa shape index (κ1) is 9.99. The number of nitrogen functional groups attached to an aromatic ring is 1. The minimum absolute atomic E-state index is 0.359. The van der Waals surface area contributed by atoms with Gasteiger partial charge in [0.2, 0.25) is 0 Å². The van der Waals surface area contributed by atoms with Crippen molar-refractivity contribution in [2.24, 2.45) is 0 Å². The number of hydrogen-bond acceptors (Lipinski definition) is 4. The Morgan fingerprint density at radius 2 is 2.40 bits per heavy atom. The lowest BCUT2D eigenvalue weighted by molar-refractivity contribution is -0.143. The summed E-state index contributed by atoms with van der Waals surface area (Å²) in [6.07, 6.45) is 1.26. The number of aliphatic carboxylic acids is 1. The van der Waals surface area contributed by atoms with Crippen LogP contribution >= 0.6 is 11.3 Å². The molecule has 0 unspecified atom stereocenters. The summed E-state index contributed by atoms with van der Waals surface area (Å²) in [5, 5.41) is 18.6. The van der Waals surface area contributed by atoms with Gasteiger partial charge in [-0.2, -0.15) is 5.26 Å². The Labute approximate surface area is 90.9 Å². The van der Waals surface area contributed by atoms with Gasteiger partial charge in [0.25, 0.3) is 0 Å². The summed E-state index contributed by atoms with van der Waals surface area (Å²) in [7, 11) is 0. The number of fused-ring (bicyclic) bond motifs is 1. The van der Waals surface area contributed by atoms with Gasteiger partial charge in [-0.05, 0) is 19.8 Å². The van der Waals surface area contributed by atoms with E-state index in [0.29, 0.717) is 29.0 Å². The van der Waals surface area contributed by atoms with Gasteiger partial charge >= 0.3 is 5.97 Å². The Balaban J connectivity index is 2.69. The van der Waals surface area contributed by atoms with Gasteiger partial charge in [-0.15, -0.1) is 11.3 Å². The zero-order valence-corrected chi connectivity index (χ0v) is 9.02. The number of aryl methyl sites for hydroxylation is 1. The van der Waals surface area contributed by atoms with Crippen molar-refractivity contribution in [1.29, 1.82) is 5.26 Å². The topological polar surface area (TPSA) is 87.1 Å². The predicted molar refractivity (Wildman–Crippen MR) is 56.8 cm³/mol. The first-order valence-corrected chi connectivity index (χ1v) is 5.37. The molecule has 0 radical (unpaired) electrons. The zero-order valence-electron chi connectivity index (χ0n) is 8.20. The number of hydrogen-bond donors (Lipinski definition) is 2. The number of thiophene rings is 1. The Morgan fingerprint density at radius 3 is 2.93 bits per heavy atom. The number of nitrogens with two attached hydrogens (primary N) is 1. The van der Waals surface area contributed by atoms with E-state index >= 15 is 0 Å². The number of carbonyl (C=O) groups is 1. The minimum Gasteiger partial charge on any atom is -0.481 e. The van der Waals surface area contributed by atoms with Crippen LogP contribution in [0.1, 0.15) is 29.3 Å². The van der Waals surface area contributed by atoms with E-state index in [1.54, 1.807) is 6.92 Å². The number of nitriles is 1. The standard InChI is InChI=1S/C10H10N2O2S/c1-10(9(13)14)3-2-6-7(10)5(4-11)8(12)15-6/h2-3,12H2,1H3,(H,13,14)/t10-/m0/s1. The van der Waals surface area contributed by atoms with Gasteiger partial charge in [0.1, 0.15) is 11.1 Å². The van der Waals surface area contributed by atoms with Gasteiger partial charge in [0, 0.05) is 10.4 Å². The molecule has 1 aromatic rings. The largest absolute Gasteiger partial charge is 0.481 e. The van der Waals surface area contributed by atoms with Gasteiger partial charge in [-0.3, -0.25) is 4.79 Å². The zero-order chi connectivity index (χ0) is 11.2. The maximum absolute atomic E-state index is 11.2. The van der Waals surface area contributed by atoms with Crippen LogP contribution in [0.2, 0.25) is 0 Å². The smallest absolute Gasteiger partial charge is 0.313 e. The average molecular weight is 222 g/mol. The Bertz CT molecular complexity index is 486. The molecule has 15 heavy (non-hydrogen) atoms. The van der Waals surface area contributed by atoms with Crippen molar-refractivity contribution < 1.29 is 9.90 Å². The first-order chi connectivity index (χ1) is 7.00. The molecular weight excluding hydrogens is 212 g/mol. The summed E-state index contributed by atoms with van der Waals surface area (Å²) < 4.78 is 0. The second-order valence-electron chi connectivity index (χ2n) is 3.89. The van der Waals surface area contributed by atoms with E-state index < -0.39 is 11.4 Å². The molecule has 0 bridgehead atoms. The van der Waals surface area contributed by atoms with E-state index in [0.717, 1.165) is 4.88 Å². The minimum atomic E-state index is -0.936. The fourth-order valence-electron chi connectivity index (χ4n) is 2.07.